The summed E-state index contributed by atoms with van der Waals surface area (Å²) in [6.07, 6.45) is 0.330. The van der Waals surface area contributed by atoms with Crippen LogP contribution in [0.25, 0.3) is 0 Å². The van der Waals surface area contributed by atoms with Gasteiger partial charge in [-0.1, -0.05) is 6.92 Å². The lowest BCUT2D eigenvalue weighted by Gasteiger charge is -2.08. The molecule has 0 aromatic heterocycles. The predicted molar refractivity (Wildman–Crippen MR) is 71.5 cm³/mol. The topological polar surface area (TPSA) is 66.4 Å². The molecule has 7 heteroatoms. The summed E-state index contributed by atoms with van der Waals surface area (Å²) in [4.78, 5) is 22.2. The van der Waals surface area contributed by atoms with Crippen molar-refractivity contribution in [2.45, 2.75) is 18.2 Å². The highest BCUT2D eigenvalue weighted by molar-refractivity contribution is 8.00. The van der Waals surface area contributed by atoms with Gasteiger partial charge < -0.3 is 10.4 Å². The molecule has 0 spiro atoms. The van der Waals surface area contributed by atoms with Crippen molar-refractivity contribution in [1.82, 2.24) is 5.32 Å². The summed E-state index contributed by atoms with van der Waals surface area (Å²) < 4.78 is 26.0. The molecule has 0 bridgehead atoms. The van der Waals surface area contributed by atoms with Gasteiger partial charge in [0.25, 0.3) is 0 Å². The fourth-order valence-corrected chi connectivity index (χ4v) is 2.09. The number of carbonyl (C=O) groups excluding carboxylic acids is 1. The van der Waals surface area contributed by atoms with Crippen molar-refractivity contribution in [2.24, 2.45) is 5.92 Å². The Hall–Kier alpha value is -1.63. The minimum atomic E-state index is -0.915. The number of carboxylic acid groups (broad SMARTS) is 1. The molecule has 0 heterocycles. The van der Waals surface area contributed by atoms with Gasteiger partial charge in [0.15, 0.2) is 0 Å². The van der Waals surface area contributed by atoms with E-state index in [9.17, 15) is 18.4 Å². The summed E-state index contributed by atoms with van der Waals surface area (Å²) in [7, 11) is 0. The molecule has 1 aromatic carbocycles. The second kappa shape index (κ2) is 7.84. The molecule has 0 saturated heterocycles. The molecule has 1 rings (SSSR count). The van der Waals surface area contributed by atoms with E-state index in [0.29, 0.717) is 6.42 Å². The van der Waals surface area contributed by atoms with Crippen LogP contribution in [0, 0.1) is 17.6 Å². The molecule has 110 valence electrons. The van der Waals surface area contributed by atoms with Gasteiger partial charge in [-0.2, -0.15) is 0 Å². The van der Waals surface area contributed by atoms with E-state index >= 15 is 0 Å². The molecule has 0 radical (unpaired) electrons. The third kappa shape index (κ3) is 5.56. The highest BCUT2D eigenvalue weighted by Gasteiger charge is 2.11. The second-order valence-electron chi connectivity index (χ2n) is 4.24. The van der Waals surface area contributed by atoms with Gasteiger partial charge >= 0.3 is 5.97 Å². The molecular weight excluding hydrogens is 288 g/mol. The van der Waals surface area contributed by atoms with Crippen molar-refractivity contribution in [3.05, 3.63) is 29.8 Å². The van der Waals surface area contributed by atoms with Crippen LogP contribution in [-0.2, 0) is 9.59 Å². The smallest absolute Gasteiger partial charge is 0.306 e. The van der Waals surface area contributed by atoms with Crippen LogP contribution in [-0.4, -0.2) is 29.3 Å². The van der Waals surface area contributed by atoms with E-state index in [-0.39, 0.29) is 23.1 Å². The maximum absolute atomic E-state index is 13.3. The van der Waals surface area contributed by atoms with E-state index in [4.69, 9.17) is 5.11 Å². The zero-order chi connectivity index (χ0) is 15.1. The molecule has 2 N–H and O–H groups in total. The summed E-state index contributed by atoms with van der Waals surface area (Å²) in [6.45, 7) is 1.80. The lowest BCUT2D eigenvalue weighted by atomic mass is 10.1. The minimum Gasteiger partial charge on any atom is -0.481 e. The SMILES string of the molecule is CC(CCNC(=O)CSc1ccc(F)cc1F)C(=O)O. The van der Waals surface area contributed by atoms with E-state index in [0.717, 1.165) is 23.9 Å². The number of nitrogens with one attached hydrogen (secondary N) is 1. The summed E-state index contributed by atoms with van der Waals surface area (Å²) in [6, 6.07) is 3.15. The average molecular weight is 303 g/mol. The maximum atomic E-state index is 13.3. The fraction of sp³-hybridized carbons (Fsp3) is 0.385. The zero-order valence-corrected chi connectivity index (χ0v) is 11.7. The van der Waals surface area contributed by atoms with Crippen LogP contribution in [0.1, 0.15) is 13.3 Å². The number of halogens is 2. The molecule has 1 unspecified atom stereocenters. The molecule has 1 atom stereocenters. The summed E-state index contributed by atoms with van der Waals surface area (Å²) in [5.74, 6) is -3.15. The van der Waals surface area contributed by atoms with E-state index in [2.05, 4.69) is 5.32 Å². The number of carboxylic acids is 1. The molecule has 0 aliphatic heterocycles. The van der Waals surface area contributed by atoms with Crippen LogP contribution in [0.5, 0.6) is 0 Å². The molecule has 20 heavy (non-hydrogen) atoms. The normalized spacial score (nSPS) is 11.9. The number of rotatable bonds is 7. The van der Waals surface area contributed by atoms with Crippen molar-refractivity contribution >= 4 is 23.6 Å². The van der Waals surface area contributed by atoms with Crippen LogP contribution in [0.2, 0.25) is 0 Å². The van der Waals surface area contributed by atoms with Crippen LogP contribution in [0.4, 0.5) is 8.78 Å². The number of hydrogen-bond acceptors (Lipinski definition) is 3. The van der Waals surface area contributed by atoms with Gasteiger partial charge in [-0.25, -0.2) is 8.78 Å². The zero-order valence-electron chi connectivity index (χ0n) is 10.9. The first-order chi connectivity index (χ1) is 9.40. The van der Waals surface area contributed by atoms with Gasteiger partial charge in [-0.3, -0.25) is 9.59 Å². The van der Waals surface area contributed by atoms with Crippen LogP contribution in [0.3, 0.4) is 0 Å². The Bertz CT molecular complexity index is 497. The van der Waals surface area contributed by atoms with Crippen molar-refractivity contribution in [2.75, 3.05) is 12.3 Å². The molecule has 0 fully saturated rings. The lowest BCUT2D eigenvalue weighted by molar-refractivity contribution is -0.141. The summed E-state index contributed by atoms with van der Waals surface area (Å²) in [5, 5.41) is 11.2. The standard InChI is InChI=1S/C13H15F2NO3S/c1-8(13(18)19)4-5-16-12(17)7-20-11-3-2-9(14)6-10(11)15/h2-3,6,8H,4-5,7H2,1H3,(H,16,17)(H,18,19). The Kier molecular flexibility index (Phi) is 6.44. The van der Waals surface area contributed by atoms with Gasteiger partial charge in [0, 0.05) is 17.5 Å². The molecule has 0 saturated carbocycles. The van der Waals surface area contributed by atoms with Gasteiger partial charge in [0.1, 0.15) is 11.6 Å². The van der Waals surface area contributed by atoms with Gasteiger partial charge in [-0.05, 0) is 18.6 Å². The Morgan fingerprint density at radius 2 is 2.10 bits per heavy atom. The van der Waals surface area contributed by atoms with Crippen LogP contribution < -0.4 is 5.32 Å². The highest BCUT2D eigenvalue weighted by atomic mass is 32.2. The Balaban J connectivity index is 2.31. The van der Waals surface area contributed by atoms with E-state index in [1.807, 2.05) is 0 Å². The largest absolute Gasteiger partial charge is 0.481 e. The highest BCUT2D eigenvalue weighted by Crippen LogP contribution is 2.21. The first-order valence-corrected chi connectivity index (χ1v) is 6.96. The van der Waals surface area contributed by atoms with E-state index in [1.54, 1.807) is 6.92 Å². The number of carbonyl (C=O) groups is 2. The lowest BCUT2D eigenvalue weighted by Crippen LogP contribution is -2.28. The Labute approximate surface area is 119 Å². The van der Waals surface area contributed by atoms with Crippen molar-refractivity contribution in [3.8, 4) is 0 Å². The second-order valence-corrected chi connectivity index (χ2v) is 5.26. The fourth-order valence-electron chi connectivity index (χ4n) is 1.34. The number of benzene rings is 1. The number of aliphatic carboxylic acids is 1. The average Bonchev–Trinajstić information content (AvgIpc) is 2.37. The van der Waals surface area contributed by atoms with Crippen LogP contribution >= 0.6 is 11.8 Å². The van der Waals surface area contributed by atoms with Gasteiger partial charge in [-0.15, -0.1) is 11.8 Å². The van der Waals surface area contributed by atoms with Gasteiger partial charge in [0.2, 0.25) is 5.91 Å². The molecule has 1 aromatic rings. The van der Waals surface area contributed by atoms with Gasteiger partial charge in [0.05, 0.1) is 11.7 Å². The molecule has 0 aliphatic rings. The van der Waals surface area contributed by atoms with Crippen molar-refractivity contribution in [1.29, 1.82) is 0 Å². The van der Waals surface area contributed by atoms with E-state index < -0.39 is 23.5 Å². The first-order valence-electron chi connectivity index (χ1n) is 5.97. The molecular formula is C13H15F2NO3S. The number of thioether (sulfide) groups is 1. The Morgan fingerprint density at radius 1 is 1.40 bits per heavy atom. The van der Waals surface area contributed by atoms with Crippen molar-refractivity contribution in [3.63, 3.8) is 0 Å². The summed E-state index contributed by atoms with van der Waals surface area (Å²) in [5.41, 5.74) is 0. The van der Waals surface area contributed by atoms with Crippen LogP contribution in [0.15, 0.2) is 23.1 Å². The third-order valence-electron chi connectivity index (χ3n) is 2.57. The Morgan fingerprint density at radius 3 is 2.70 bits per heavy atom. The molecule has 1 amide bonds. The van der Waals surface area contributed by atoms with Crippen molar-refractivity contribution < 1.29 is 23.5 Å². The molecule has 4 nitrogen and oxygen atoms in total. The first kappa shape index (κ1) is 16.4. The minimum absolute atomic E-state index is 0.00992. The third-order valence-corrected chi connectivity index (χ3v) is 3.62. The monoisotopic (exact) mass is 303 g/mol. The predicted octanol–water partition coefficient (Wildman–Crippen LogP) is 2.28. The molecule has 0 aliphatic carbocycles. The number of hydrogen-bond donors (Lipinski definition) is 2. The quantitative estimate of drug-likeness (QED) is 0.758. The summed E-state index contributed by atoms with van der Waals surface area (Å²) >= 11 is 0.959. The maximum Gasteiger partial charge on any atom is 0.306 e. The number of amides is 1. The van der Waals surface area contributed by atoms with E-state index in [1.165, 1.54) is 6.07 Å².